The predicted octanol–water partition coefficient (Wildman–Crippen LogP) is 8.72. The normalized spacial score (nSPS) is 16.2. The Morgan fingerprint density at radius 2 is 1.14 bits per heavy atom. The smallest absolute Gasteiger partial charge is 0.264 e. The van der Waals surface area contributed by atoms with E-state index in [0.717, 1.165) is 26.2 Å². The minimum atomic E-state index is -4.01. The maximum absolute atomic E-state index is 11.1. The number of hydrogen-bond acceptors (Lipinski definition) is 10. The number of fused-ring (bicyclic) bond motifs is 2. The van der Waals surface area contributed by atoms with Gasteiger partial charge in [-0.15, -0.1) is 0 Å². The lowest BCUT2D eigenvalue weighted by atomic mass is 10.2. The molecule has 290 valence electrons. The first-order valence-corrected chi connectivity index (χ1v) is 23.3. The van der Waals surface area contributed by atoms with Crippen LogP contribution in [0.5, 0.6) is 0 Å². The lowest BCUT2D eigenvalue weighted by Crippen LogP contribution is -2.30. The molecule has 1 atom stereocenters. The minimum Gasteiger partial charge on any atom is -0.355 e. The van der Waals surface area contributed by atoms with Crippen molar-refractivity contribution < 1.29 is 25.9 Å². The summed E-state index contributed by atoms with van der Waals surface area (Å²) in [5.74, 6) is -0.577. The van der Waals surface area contributed by atoms with Gasteiger partial charge in [-0.25, -0.2) is 0 Å². The number of anilines is 2. The van der Waals surface area contributed by atoms with Gasteiger partial charge in [0, 0.05) is 32.9 Å². The van der Waals surface area contributed by atoms with Crippen LogP contribution in [0.1, 0.15) is 67.2 Å². The van der Waals surface area contributed by atoms with Gasteiger partial charge in [0.05, 0.1) is 27.9 Å². The van der Waals surface area contributed by atoms with Gasteiger partial charge in [-0.2, -0.15) is 16.8 Å². The average Bonchev–Trinajstić information content (AvgIpc) is 3.58. The van der Waals surface area contributed by atoms with E-state index in [1.807, 2.05) is 36.4 Å². The van der Waals surface area contributed by atoms with Crippen LogP contribution in [0.3, 0.4) is 0 Å². The fourth-order valence-corrected chi connectivity index (χ4v) is 9.47. The van der Waals surface area contributed by atoms with E-state index in [9.17, 15) is 16.8 Å². The van der Waals surface area contributed by atoms with Crippen LogP contribution < -0.4 is 9.80 Å². The Labute approximate surface area is 325 Å². The molecule has 0 aliphatic carbocycles. The first kappa shape index (κ1) is 46.0. The van der Waals surface area contributed by atoms with E-state index >= 15 is 0 Å². The van der Waals surface area contributed by atoms with Gasteiger partial charge in [-0.1, -0.05) is 88.3 Å². The molecule has 0 spiro atoms. The molecule has 0 bridgehead atoms. The van der Waals surface area contributed by atoms with Crippen LogP contribution in [0.4, 0.5) is 11.4 Å². The summed E-state index contributed by atoms with van der Waals surface area (Å²) in [6, 6.07) is 11.4. The molecular weight excluding hydrogens is 772 g/mol. The van der Waals surface area contributed by atoms with E-state index in [2.05, 4.69) is 67.2 Å². The largest absolute Gasteiger partial charge is 0.355 e. The van der Waals surface area contributed by atoms with E-state index in [1.54, 1.807) is 23.5 Å². The van der Waals surface area contributed by atoms with Crippen molar-refractivity contribution in [3.63, 3.8) is 0 Å². The van der Waals surface area contributed by atoms with Gasteiger partial charge >= 0.3 is 0 Å². The number of nitrogens with zero attached hydrogens (tertiary/aromatic N) is 4. The second-order valence-corrected chi connectivity index (χ2v) is 18.1. The number of thioether (sulfide) groups is 2. The highest BCUT2D eigenvalue weighted by atomic mass is 35.5. The quantitative estimate of drug-likeness (QED) is 0.117. The molecule has 1 unspecified atom stereocenters. The van der Waals surface area contributed by atoms with Crippen LogP contribution in [0.25, 0.3) is 0 Å². The number of benzene rings is 2. The van der Waals surface area contributed by atoms with Crippen molar-refractivity contribution in [1.82, 2.24) is 9.80 Å². The average molecular weight is 828 g/mol. The maximum atomic E-state index is 11.1. The zero-order valence-electron chi connectivity index (χ0n) is 30.7. The van der Waals surface area contributed by atoms with Crippen molar-refractivity contribution in [2.75, 3.05) is 73.7 Å². The van der Waals surface area contributed by atoms with Crippen LogP contribution >= 0.6 is 46.7 Å². The second kappa shape index (κ2) is 22.9. The summed E-state index contributed by atoms with van der Waals surface area (Å²) in [6.07, 6.45) is 3.91. The molecule has 2 N–H and O–H groups in total. The Morgan fingerprint density at radius 1 is 0.686 bits per heavy atom. The zero-order chi connectivity index (χ0) is 38.2. The van der Waals surface area contributed by atoms with E-state index in [0.29, 0.717) is 48.8 Å². The molecule has 4 rings (SSSR count). The van der Waals surface area contributed by atoms with Gasteiger partial charge in [-0.3, -0.25) is 9.11 Å². The molecule has 0 amide bonds. The Morgan fingerprint density at radius 3 is 1.59 bits per heavy atom. The highest BCUT2D eigenvalue weighted by molar-refractivity contribution is 8.04. The number of halogens is 2. The van der Waals surface area contributed by atoms with Crippen LogP contribution in [0.2, 0.25) is 10.0 Å². The van der Waals surface area contributed by atoms with Gasteiger partial charge in [0.2, 0.25) is 0 Å². The first-order valence-electron chi connectivity index (χ1n) is 17.6. The van der Waals surface area contributed by atoms with E-state index in [4.69, 9.17) is 32.3 Å². The molecule has 2 aliphatic heterocycles. The van der Waals surface area contributed by atoms with Gasteiger partial charge in [-0.05, 0) is 107 Å². The number of unbranched alkanes of at least 4 members (excludes halogenated alkanes) is 2. The summed E-state index contributed by atoms with van der Waals surface area (Å²) in [5.41, 5.74) is 1.91. The van der Waals surface area contributed by atoms with Crippen molar-refractivity contribution in [2.24, 2.45) is 0 Å². The van der Waals surface area contributed by atoms with Gasteiger partial charge in [0.1, 0.15) is 5.37 Å². The van der Waals surface area contributed by atoms with Crippen LogP contribution in [0, 0.1) is 0 Å². The highest BCUT2D eigenvalue weighted by Gasteiger charge is 2.32. The molecule has 10 nitrogen and oxygen atoms in total. The second-order valence-electron chi connectivity index (χ2n) is 11.9. The molecule has 2 aromatic carbocycles. The van der Waals surface area contributed by atoms with Crippen molar-refractivity contribution in [3.8, 4) is 0 Å². The van der Waals surface area contributed by atoms with Crippen LogP contribution in [0.15, 0.2) is 57.3 Å². The van der Waals surface area contributed by atoms with E-state index < -0.39 is 20.2 Å². The van der Waals surface area contributed by atoms with Gasteiger partial charge < -0.3 is 19.6 Å². The topological polar surface area (TPSA) is 122 Å². The molecule has 2 aliphatic rings. The molecule has 0 saturated carbocycles. The van der Waals surface area contributed by atoms with E-state index in [-0.39, 0.29) is 16.9 Å². The first-order chi connectivity index (χ1) is 24.1. The summed E-state index contributed by atoms with van der Waals surface area (Å²) in [4.78, 5) is 11.1. The summed E-state index contributed by atoms with van der Waals surface area (Å²) in [7, 11) is -8.03. The number of hydrogen-bond donors (Lipinski definition) is 2. The van der Waals surface area contributed by atoms with Crippen LogP contribution in [-0.4, -0.2) is 105 Å². The third-order valence-electron chi connectivity index (χ3n) is 8.53. The third kappa shape index (κ3) is 16.4. The van der Waals surface area contributed by atoms with Crippen molar-refractivity contribution in [3.05, 3.63) is 57.5 Å². The van der Waals surface area contributed by atoms with Crippen molar-refractivity contribution >= 4 is 78.3 Å². The summed E-state index contributed by atoms with van der Waals surface area (Å²) in [6.45, 7) is 21.4. The molecule has 0 radical (unpaired) electrons. The number of rotatable bonds is 17. The molecule has 0 fully saturated rings. The fourth-order valence-electron chi connectivity index (χ4n) is 5.53. The molecule has 16 heteroatoms. The molecule has 51 heavy (non-hydrogen) atoms. The SMILES string of the molecule is CCN(CC)CC.CCN(CC)CC.O=S(=O)(O)CCCCN1C(=CC2Sc3ccc(Cl)cc3N2CCCCS(=O)(=O)O)Sc2ccc(Cl)cc21. The lowest BCUT2D eigenvalue weighted by Gasteiger charge is -2.27. The Balaban J connectivity index is 0.000000543. The van der Waals surface area contributed by atoms with Gasteiger partial charge in [0.25, 0.3) is 20.2 Å². The van der Waals surface area contributed by atoms with Crippen LogP contribution in [-0.2, 0) is 20.2 Å². The summed E-state index contributed by atoms with van der Waals surface area (Å²) >= 11 is 15.8. The minimum absolute atomic E-state index is 0.0909. The molecule has 2 heterocycles. The Bertz CT molecular complexity index is 1580. The van der Waals surface area contributed by atoms with E-state index in [1.165, 1.54) is 39.3 Å². The highest BCUT2D eigenvalue weighted by Crippen LogP contribution is 2.50. The summed E-state index contributed by atoms with van der Waals surface area (Å²) < 4.78 is 62.7. The fraction of sp³-hybridized carbons (Fsp3) is 0.600. The van der Waals surface area contributed by atoms with Crippen molar-refractivity contribution in [2.45, 2.75) is 82.4 Å². The standard InChI is InChI=1S/C23H26Cl2N2O6S4.2C6H15N/c24-16-5-7-20-18(13-16)26(9-1-3-11-36(28,29)30)22(34-20)15-23-27(10-2-4-12-37(31,32)33)19-14-17(25)6-8-21(19)35-23;2*1-4-7(5-2)6-3/h5-8,13-15,22H,1-4,9-12H2,(H,28,29,30)(H,31,32,33);2*4-6H2,1-3H3. The summed E-state index contributed by atoms with van der Waals surface area (Å²) in [5, 5.41) is 2.09. The third-order valence-corrected chi connectivity index (χ3v) is 13.0. The predicted molar refractivity (Wildman–Crippen MR) is 219 cm³/mol. The monoisotopic (exact) mass is 826 g/mol. The van der Waals surface area contributed by atoms with Crippen molar-refractivity contribution in [1.29, 1.82) is 0 Å². The van der Waals surface area contributed by atoms with Gasteiger partial charge in [0.15, 0.2) is 0 Å². The zero-order valence-corrected chi connectivity index (χ0v) is 35.5. The maximum Gasteiger partial charge on any atom is 0.264 e. The Hall–Kier alpha value is -1.20. The molecule has 0 saturated heterocycles. The molecule has 0 aromatic heterocycles. The molecular formula is C35H56Cl2N4O6S4. The molecule has 2 aromatic rings. The Kier molecular flexibility index (Phi) is 20.6. The lowest BCUT2D eigenvalue weighted by molar-refractivity contribution is 0.321.